The number of esters is 3. The molecule has 0 aliphatic heterocycles. The second-order valence-corrected chi connectivity index (χ2v) is 6.66. The van der Waals surface area contributed by atoms with Gasteiger partial charge in [0, 0.05) is 11.5 Å². The molecule has 1 rings (SSSR count). The van der Waals surface area contributed by atoms with Gasteiger partial charge in [-0.25, -0.2) is 14.4 Å². The van der Waals surface area contributed by atoms with Crippen molar-refractivity contribution < 1.29 is 28.6 Å². The van der Waals surface area contributed by atoms with Crippen LogP contribution in [0, 0.1) is 18.3 Å². The second-order valence-electron chi connectivity index (χ2n) is 6.66. The van der Waals surface area contributed by atoms with Gasteiger partial charge in [-0.1, -0.05) is 31.9 Å². The number of hydrogen-bond acceptors (Lipinski definition) is 6. The highest BCUT2D eigenvalue weighted by atomic mass is 16.6. The molecule has 148 valence electrons. The predicted octanol–water partition coefficient (Wildman–Crippen LogP) is 3.11. The van der Waals surface area contributed by atoms with Crippen LogP contribution < -0.4 is 0 Å². The van der Waals surface area contributed by atoms with Crippen molar-refractivity contribution in [1.82, 2.24) is 0 Å². The summed E-state index contributed by atoms with van der Waals surface area (Å²) in [5.74, 6) is 0.345. The maximum Gasteiger partial charge on any atom is 0.344 e. The third kappa shape index (κ3) is 7.30. The average molecular weight is 376 g/mol. The van der Waals surface area contributed by atoms with E-state index in [-0.39, 0.29) is 11.5 Å². The molecular weight excluding hydrogens is 348 g/mol. The first-order valence-electron chi connectivity index (χ1n) is 9.17. The standard InChI is InChI=1S/C21H28O6/c1-5-7-11-17(6-2)21(12-9-8-10-13-21)27-19(23)15-25-18(22)14-26-20(24)16(3)4/h1,7,11,17H,3,6,8-10,12-15H2,2,4H3/b11-7-. The molecule has 0 aromatic rings. The molecule has 1 atom stereocenters. The summed E-state index contributed by atoms with van der Waals surface area (Å²) in [4.78, 5) is 35.1. The summed E-state index contributed by atoms with van der Waals surface area (Å²) < 4.78 is 15.3. The molecule has 0 saturated heterocycles. The minimum absolute atomic E-state index is 0.00465. The Morgan fingerprint density at radius 1 is 1.15 bits per heavy atom. The van der Waals surface area contributed by atoms with Crippen molar-refractivity contribution in [2.75, 3.05) is 13.2 Å². The molecule has 0 N–H and O–H groups in total. The molecule has 0 spiro atoms. The first-order valence-corrected chi connectivity index (χ1v) is 9.17. The summed E-state index contributed by atoms with van der Waals surface area (Å²) in [5, 5.41) is 0. The van der Waals surface area contributed by atoms with E-state index in [0.29, 0.717) is 0 Å². The molecule has 27 heavy (non-hydrogen) atoms. The molecule has 0 aromatic carbocycles. The van der Waals surface area contributed by atoms with Crippen LogP contribution in [0.3, 0.4) is 0 Å². The predicted molar refractivity (Wildman–Crippen MR) is 100 cm³/mol. The Labute approximate surface area is 160 Å². The van der Waals surface area contributed by atoms with Gasteiger partial charge in [-0.2, -0.15) is 0 Å². The van der Waals surface area contributed by atoms with Gasteiger partial charge in [0.05, 0.1) is 0 Å². The minimum Gasteiger partial charge on any atom is -0.456 e. The zero-order chi connectivity index (χ0) is 20.3. The average Bonchev–Trinajstić information content (AvgIpc) is 2.65. The summed E-state index contributed by atoms with van der Waals surface area (Å²) >= 11 is 0. The summed E-state index contributed by atoms with van der Waals surface area (Å²) in [5.41, 5.74) is -0.455. The molecule has 6 nitrogen and oxygen atoms in total. The van der Waals surface area contributed by atoms with E-state index in [1.807, 2.05) is 13.0 Å². The summed E-state index contributed by atoms with van der Waals surface area (Å²) in [6.07, 6.45) is 14.1. The largest absolute Gasteiger partial charge is 0.456 e. The van der Waals surface area contributed by atoms with Crippen LogP contribution in [0.2, 0.25) is 0 Å². The van der Waals surface area contributed by atoms with Crippen molar-refractivity contribution in [1.29, 1.82) is 0 Å². The van der Waals surface area contributed by atoms with Gasteiger partial charge in [0.2, 0.25) is 0 Å². The third-order valence-corrected chi connectivity index (χ3v) is 4.58. The molecule has 1 aliphatic rings. The van der Waals surface area contributed by atoms with E-state index in [0.717, 1.165) is 38.5 Å². The monoisotopic (exact) mass is 376 g/mol. The van der Waals surface area contributed by atoms with Gasteiger partial charge >= 0.3 is 17.9 Å². The number of hydrogen-bond donors (Lipinski definition) is 0. The van der Waals surface area contributed by atoms with Gasteiger partial charge in [0.25, 0.3) is 0 Å². The normalized spacial score (nSPS) is 16.8. The van der Waals surface area contributed by atoms with Crippen LogP contribution in [-0.4, -0.2) is 36.7 Å². The van der Waals surface area contributed by atoms with Crippen molar-refractivity contribution >= 4 is 17.9 Å². The molecule has 6 heteroatoms. The van der Waals surface area contributed by atoms with E-state index in [1.54, 1.807) is 6.08 Å². The Morgan fingerprint density at radius 2 is 1.78 bits per heavy atom. The zero-order valence-electron chi connectivity index (χ0n) is 16.1. The van der Waals surface area contributed by atoms with Gasteiger partial charge in [0.1, 0.15) is 5.60 Å². The van der Waals surface area contributed by atoms with Crippen LogP contribution in [0.25, 0.3) is 0 Å². The molecule has 0 bridgehead atoms. The maximum atomic E-state index is 12.3. The topological polar surface area (TPSA) is 78.9 Å². The molecule has 1 fully saturated rings. The van der Waals surface area contributed by atoms with Crippen molar-refractivity contribution in [2.24, 2.45) is 5.92 Å². The molecule has 0 heterocycles. The fourth-order valence-corrected chi connectivity index (χ4v) is 3.24. The molecule has 1 unspecified atom stereocenters. The minimum atomic E-state index is -0.821. The van der Waals surface area contributed by atoms with E-state index in [1.165, 1.54) is 6.92 Å². The Balaban J connectivity index is 2.63. The molecule has 1 saturated carbocycles. The van der Waals surface area contributed by atoms with Gasteiger partial charge in [-0.15, -0.1) is 6.42 Å². The lowest BCUT2D eigenvalue weighted by atomic mass is 9.74. The number of rotatable bonds is 9. The Bertz CT molecular complexity index is 619. The number of carbonyl (C=O) groups excluding carboxylic acids is 3. The number of allylic oxidation sites excluding steroid dienone is 1. The van der Waals surface area contributed by atoms with Crippen LogP contribution in [-0.2, 0) is 28.6 Å². The summed E-state index contributed by atoms with van der Waals surface area (Å²) in [6.45, 7) is 5.79. The Hall–Kier alpha value is -2.55. The van der Waals surface area contributed by atoms with Crippen molar-refractivity contribution in [3.63, 3.8) is 0 Å². The van der Waals surface area contributed by atoms with Crippen LogP contribution in [0.5, 0.6) is 0 Å². The van der Waals surface area contributed by atoms with Crippen LogP contribution in [0.15, 0.2) is 24.3 Å². The number of terminal acetylenes is 1. The van der Waals surface area contributed by atoms with E-state index in [9.17, 15) is 14.4 Å². The quantitative estimate of drug-likeness (QED) is 0.266. The van der Waals surface area contributed by atoms with Gasteiger partial charge in [0.15, 0.2) is 13.2 Å². The number of carbonyl (C=O) groups is 3. The molecule has 0 radical (unpaired) electrons. The third-order valence-electron chi connectivity index (χ3n) is 4.58. The van der Waals surface area contributed by atoms with Crippen LogP contribution in [0.1, 0.15) is 52.4 Å². The SMILES string of the molecule is C#C/C=C\C(CC)C1(OC(=O)COC(=O)COC(=O)C(=C)C)CCCCC1. The molecule has 0 aromatic heterocycles. The zero-order valence-corrected chi connectivity index (χ0v) is 16.1. The Kier molecular flexibility index (Phi) is 9.35. The molecular formula is C21H28O6. The van der Waals surface area contributed by atoms with Gasteiger partial charge < -0.3 is 14.2 Å². The number of ether oxygens (including phenoxy) is 3. The first kappa shape index (κ1) is 22.5. The lowest BCUT2D eigenvalue weighted by Gasteiger charge is -2.41. The van der Waals surface area contributed by atoms with Crippen molar-refractivity contribution in [2.45, 2.75) is 58.0 Å². The molecule has 1 aliphatic carbocycles. The van der Waals surface area contributed by atoms with Crippen molar-refractivity contribution in [3.8, 4) is 12.3 Å². The van der Waals surface area contributed by atoms with E-state index in [2.05, 4.69) is 17.2 Å². The van der Waals surface area contributed by atoms with Crippen LogP contribution >= 0.6 is 0 Å². The lowest BCUT2D eigenvalue weighted by Crippen LogP contribution is -2.44. The lowest BCUT2D eigenvalue weighted by molar-refractivity contribution is -0.179. The fraction of sp³-hybridized carbons (Fsp3) is 0.571. The second kappa shape index (κ2) is 11.2. The fourth-order valence-electron chi connectivity index (χ4n) is 3.24. The Morgan fingerprint density at radius 3 is 2.33 bits per heavy atom. The smallest absolute Gasteiger partial charge is 0.344 e. The maximum absolute atomic E-state index is 12.3. The highest BCUT2D eigenvalue weighted by Crippen LogP contribution is 2.40. The highest BCUT2D eigenvalue weighted by Gasteiger charge is 2.41. The van der Waals surface area contributed by atoms with Crippen molar-refractivity contribution in [3.05, 3.63) is 24.3 Å². The van der Waals surface area contributed by atoms with E-state index >= 15 is 0 Å². The summed E-state index contributed by atoms with van der Waals surface area (Å²) in [6, 6.07) is 0. The van der Waals surface area contributed by atoms with Gasteiger partial charge in [-0.05, 0) is 45.1 Å². The highest BCUT2D eigenvalue weighted by molar-refractivity contribution is 5.88. The first-order chi connectivity index (χ1) is 12.8. The van der Waals surface area contributed by atoms with Crippen LogP contribution in [0.4, 0.5) is 0 Å². The summed E-state index contributed by atoms with van der Waals surface area (Å²) in [7, 11) is 0. The molecule has 0 amide bonds. The van der Waals surface area contributed by atoms with E-state index < -0.39 is 36.7 Å². The van der Waals surface area contributed by atoms with E-state index in [4.69, 9.17) is 15.9 Å². The van der Waals surface area contributed by atoms with Gasteiger partial charge in [-0.3, -0.25) is 0 Å².